The van der Waals surface area contributed by atoms with E-state index in [2.05, 4.69) is 94.0 Å². The Morgan fingerprint density at radius 3 is 1.82 bits per heavy atom. The number of aromatic nitrogens is 4. The molecule has 0 fully saturated rings. The number of nitrogens with one attached hydrogen (secondary N) is 2. The summed E-state index contributed by atoms with van der Waals surface area (Å²) in [7, 11) is 0. The number of aromatic hydroxyl groups is 2. The molecule has 4 heterocycles. The molecule has 4 N–H and O–H groups in total. The molecule has 0 aliphatic heterocycles. The molecule has 8 aromatic rings. The standard InChI is InChI=1S/2C20H19N3OS/c1-14(17-13-25-19-9-3-2-7-16(17)19)21-12-15-6-4-8-18(20(15)24)23-11-5-10-22-23;1-14(18-13-25-20-6-3-2-5-17(18)20)21-12-15-11-16(7-8-19(15)24)23-10-4-9-22-23/h2*2-11,13-14,21,24H,12H2,1H3. The van der Waals surface area contributed by atoms with E-state index in [0.717, 1.165) is 16.8 Å². The van der Waals surface area contributed by atoms with Crippen LogP contribution in [-0.4, -0.2) is 29.8 Å². The lowest BCUT2D eigenvalue weighted by Gasteiger charge is -2.15. The number of benzene rings is 4. The number of nitrogens with zero attached hydrogens (tertiary/aromatic N) is 4. The topological polar surface area (TPSA) is 100 Å². The van der Waals surface area contributed by atoms with Crippen LogP contribution in [0.2, 0.25) is 0 Å². The zero-order chi connectivity index (χ0) is 34.5. The monoisotopic (exact) mass is 698 g/mol. The van der Waals surface area contributed by atoms with E-state index in [4.69, 9.17) is 0 Å². The van der Waals surface area contributed by atoms with Gasteiger partial charge >= 0.3 is 0 Å². The Kier molecular flexibility index (Phi) is 10.0. The molecule has 0 bridgehead atoms. The minimum Gasteiger partial charge on any atom is -0.508 e. The van der Waals surface area contributed by atoms with Crippen LogP contribution in [0.25, 0.3) is 31.5 Å². The molecule has 2 atom stereocenters. The summed E-state index contributed by atoms with van der Waals surface area (Å²) >= 11 is 3.53. The Balaban J connectivity index is 0.000000157. The smallest absolute Gasteiger partial charge is 0.145 e. The molecule has 50 heavy (non-hydrogen) atoms. The Labute approximate surface area is 298 Å². The molecular weight excluding hydrogens is 661 g/mol. The van der Waals surface area contributed by atoms with E-state index in [-0.39, 0.29) is 17.8 Å². The lowest BCUT2D eigenvalue weighted by atomic mass is 10.1. The zero-order valence-corrected chi connectivity index (χ0v) is 29.4. The van der Waals surface area contributed by atoms with E-state index < -0.39 is 0 Å². The van der Waals surface area contributed by atoms with Gasteiger partial charge in [0.25, 0.3) is 0 Å². The molecule has 0 saturated heterocycles. The van der Waals surface area contributed by atoms with E-state index in [1.54, 1.807) is 50.5 Å². The first kappa shape index (κ1) is 33.2. The Hall–Kier alpha value is -5.26. The van der Waals surface area contributed by atoms with Gasteiger partial charge < -0.3 is 20.8 Å². The van der Waals surface area contributed by atoms with Crippen molar-refractivity contribution in [2.24, 2.45) is 0 Å². The Morgan fingerprint density at radius 1 is 0.640 bits per heavy atom. The number of phenolic OH excluding ortho intramolecular Hbond substituents is 2. The van der Waals surface area contributed by atoms with Gasteiger partial charge in [0.1, 0.15) is 17.2 Å². The summed E-state index contributed by atoms with van der Waals surface area (Å²) in [6, 6.07) is 32.3. The molecule has 0 spiro atoms. The van der Waals surface area contributed by atoms with Gasteiger partial charge in [-0.25, -0.2) is 9.36 Å². The number of para-hydroxylation sites is 1. The summed E-state index contributed by atoms with van der Waals surface area (Å²) in [4.78, 5) is 0. The number of thiophene rings is 2. The minimum absolute atomic E-state index is 0.198. The zero-order valence-electron chi connectivity index (χ0n) is 27.8. The highest BCUT2D eigenvalue weighted by Crippen LogP contribution is 2.32. The van der Waals surface area contributed by atoms with E-state index in [9.17, 15) is 10.2 Å². The van der Waals surface area contributed by atoms with Crippen molar-refractivity contribution in [2.45, 2.75) is 39.0 Å². The Morgan fingerprint density at radius 2 is 1.22 bits per heavy atom. The summed E-state index contributed by atoms with van der Waals surface area (Å²) in [5, 5.41) is 43.3. The first-order valence-electron chi connectivity index (χ1n) is 16.5. The summed E-state index contributed by atoms with van der Waals surface area (Å²) < 4.78 is 6.07. The summed E-state index contributed by atoms with van der Waals surface area (Å²) in [5.74, 6) is 0.562. The van der Waals surface area contributed by atoms with Crippen molar-refractivity contribution in [3.05, 3.63) is 155 Å². The van der Waals surface area contributed by atoms with Gasteiger partial charge in [-0.05, 0) is 95.0 Å². The van der Waals surface area contributed by atoms with Crippen LogP contribution in [0.5, 0.6) is 11.5 Å². The van der Waals surface area contributed by atoms with Gasteiger partial charge in [-0.1, -0.05) is 48.5 Å². The molecule has 4 aromatic carbocycles. The van der Waals surface area contributed by atoms with Gasteiger partial charge in [0.15, 0.2) is 0 Å². The normalized spacial score (nSPS) is 12.5. The van der Waals surface area contributed by atoms with Crippen molar-refractivity contribution in [1.29, 1.82) is 0 Å². The fourth-order valence-corrected chi connectivity index (χ4v) is 8.12. The van der Waals surface area contributed by atoms with Gasteiger partial charge in [0.2, 0.25) is 0 Å². The fourth-order valence-electron chi connectivity index (χ4n) is 6.01. The van der Waals surface area contributed by atoms with Crippen molar-refractivity contribution >= 4 is 42.8 Å². The predicted octanol–water partition coefficient (Wildman–Crippen LogP) is 9.29. The molecule has 252 valence electrons. The molecule has 0 aliphatic carbocycles. The number of fused-ring (bicyclic) bond motifs is 2. The van der Waals surface area contributed by atoms with Crippen LogP contribution in [0.1, 0.15) is 48.2 Å². The van der Waals surface area contributed by atoms with Crippen LogP contribution in [0.3, 0.4) is 0 Å². The summed E-state index contributed by atoms with van der Waals surface area (Å²) in [6.45, 7) is 5.49. The van der Waals surface area contributed by atoms with Crippen LogP contribution in [0, 0.1) is 0 Å². The maximum absolute atomic E-state index is 10.6. The van der Waals surface area contributed by atoms with Gasteiger partial charge in [0, 0.05) is 70.5 Å². The highest BCUT2D eigenvalue weighted by Gasteiger charge is 2.15. The van der Waals surface area contributed by atoms with E-state index >= 15 is 0 Å². The van der Waals surface area contributed by atoms with Gasteiger partial charge in [-0.3, -0.25) is 0 Å². The molecule has 0 saturated carbocycles. The van der Waals surface area contributed by atoms with Crippen molar-refractivity contribution in [3.63, 3.8) is 0 Å². The highest BCUT2D eigenvalue weighted by molar-refractivity contribution is 7.17. The van der Waals surface area contributed by atoms with Gasteiger partial charge in [-0.15, -0.1) is 22.7 Å². The van der Waals surface area contributed by atoms with Crippen molar-refractivity contribution in [3.8, 4) is 22.9 Å². The van der Waals surface area contributed by atoms with Crippen LogP contribution in [-0.2, 0) is 13.1 Å². The average molecular weight is 699 g/mol. The molecule has 4 aromatic heterocycles. The quantitative estimate of drug-likeness (QED) is 0.114. The third kappa shape index (κ3) is 7.19. The SMILES string of the molecule is CC(NCc1cc(-n2cccn2)ccc1O)c1csc2ccccc12.CC(NCc1cccc(-n2cccn2)c1O)c1csc2ccccc12. The molecule has 0 aliphatic rings. The van der Waals surface area contributed by atoms with Gasteiger partial charge in [0.05, 0.1) is 5.69 Å². The van der Waals surface area contributed by atoms with Crippen molar-refractivity contribution < 1.29 is 10.2 Å². The number of phenols is 2. The summed E-state index contributed by atoms with van der Waals surface area (Å²) in [6.07, 6.45) is 7.17. The number of rotatable bonds is 10. The number of hydrogen-bond donors (Lipinski definition) is 4. The first-order chi connectivity index (χ1) is 24.5. The second-order valence-electron chi connectivity index (χ2n) is 12.1. The van der Waals surface area contributed by atoms with Crippen molar-refractivity contribution in [2.75, 3.05) is 0 Å². The fraction of sp³-hybridized carbons (Fsp3) is 0.150. The lowest BCUT2D eigenvalue weighted by molar-refractivity contribution is 0.456. The summed E-state index contributed by atoms with van der Waals surface area (Å²) in [5.41, 5.74) is 5.94. The van der Waals surface area contributed by atoms with Crippen LogP contribution >= 0.6 is 22.7 Å². The van der Waals surface area contributed by atoms with E-state index in [0.29, 0.717) is 24.5 Å². The van der Waals surface area contributed by atoms with Crippen LogP contribution in [0.15, 0.2) is 133 Å². The maximum Gasteiger partial charge on any atom is 0.145 e. The Bertz CT molecular complexity index is 2230. The molecular formula is C40H38N6O2S2. The van der Waals surface area contributed by atoms with Crippen molar-refractivity contribution in [1.82, 2.24) is 30.2 Å². The molecule has 0 amide bonds. The average Bonchev–Trinajstić information content (AvgIpc) is 3.98. The van der Waals surface area contributed by atoms with E-state index in [1.165, 1.54) is 31.3 Å². The highest BCUT2D eigenvalue weighted by atomic mass is 32.1. The minimum atomic E-state index is 0.198. The van der Waals surface area contributed by atoms with E-state index in [1.807, 2.05) is 54.9 Å². The molecule has 8 nitrogen and oxygen atoms in total. The largest absolute Gasteiger partial charge is 0.508 e. The van der Waals surface area contributed by atoms with Crippen LogP contribution in [0.4, 0.5) is 0 Å². The lowest BCUT2D eigenvalue weighted by Crippen LogP contribution is -2.18. The predicted molar refractivity (Wildman–Crippen MR) is 205 cm³/mol. The number of hydrogen-bond acceptors (Lipinski definition) is 8. The molecule has 2 unspecified atom stereocenters. The third-order valence-corrected chi connectivity index (χ3v) is 10.8. The maximum atomic E-state index is 10.6. The molecule has 10 heteroatoms. The second-order valence-corrected chi connectivity index (χ2v) is 13.9. The first-order valence-corrected chi connectivity index (χ1v) is 18.2. The third-order valence-electron chi connectivity index (χ3n) is 8.83. The molecule has 0 radical (unpaired) electrons. The van der Waals surface area contributed by atoms with Gasteiger partial charge in [-0.2, -0.15) is 10.2 Å². The molecule has 8 rings (SSSR count). The second kappa shape index (κ2) is 15.1. The van der Waals surface area contributed by atoms with Crippen LogP contribution < -0.4 is 10.6 Å².